The first-order valence-electron chi connectivity index (χ1n) is 4.18. The van der Waals surface area contributed by atoms with Crippen LogP contribution >= 0.6 is 0 Å². The molecule has 0 fully saturated rings. The molecule has 0 aliphatic rings. The predicted octanol–water partition coefficient (Wildman–Crippen LogP) is 3.44. The number of nitrogens with zero attached hydrogens (tertiary/aromatic N) is 1. The Kier molecular flexibility index (Phi) is 2.64. The molecule has 0 saturated carbocycles. The van der Waals surface area contributed by atoms with E-state index in [-0.39, 0.29) is 5.41 Å². The zero-order valence-corrected chi connectivity index (χ0v) is 7.91. The summed E-state index contributed by atoms with van der Waals surface area (Å²) in [7, 11) is 0. The van der Waals surface area contributed by atoms with Crippen LogP contribution in [-0.4, -0.2) is 6.21 Å². The Balaban J connectivity index is 2.71. The average molecular weight is 161 g/mol. The van der Waals surface area contributed by atoms with Crippen LogP contribution in [0.25, 0.3) is 0 Å². The van der Waals surface area contributed by atoms with E-state index in [9.17, 15) is 0 Å². The van der Waals surface area contributed by atoms with Crippen LogP contribution in [0.1, 0.15) is 20.8 Å². The molecule has 0 aliphatic heterocycles. The van der Waals surface area contributed by atoms with Gasteiger partial charge in [0.25, 0.3) is 0 Å². The molecule has 1 rings (SSSR count). The molecule has 0 heterocycles. The Morgan fingerprint density at radius 3 is 2.17 bits per heavy atom. The van der Waals surface area contributed by atoms with Crippen molar-refractivity contribution < 1.29 is 0 Å². The first-order valence-corrected chi connectivity index (χ1v) is 4.18. The smallest absolute Gasteiger partial charge is 0.0625 e. The van der Waals surface area contributed by atoms with Crippen molar-refractivity contribution in [3.8, 4) is 0 Å². The van der Waals surface area contributed by atoms with Crippen LogP contribution < -0.4 is 0 Å². The lowest BCUT2D eigenvalue weighted by Gasteiger charge is -2.09. The second kappa shape index (κ2) is 3.53. The Hall–Kier alpha value is -1.11. The summed E-state index contributed by atoms with van der Waals surface area (Å²) < 4.78 is 0. The van der Waals surface area contributed by atoms with Gasteiger partial charge < -0.3 is 0 Å². The maximum absolute atomic E-state index is 4.35. The second-order valence-electron chi connectivity index (χ2n) is 3.96. The van der Waals surface area contributed by atoms with Crippen LogP contribution in [-0.2, 0) is 0 Å². The fourth-order valence-corrected chi connectivity index (χ4v) is 0.782. The lowest BCUT2D eigenvalue weighted by atomic mass is 9.99. The van der Waals surface area contributed by atoms with Crippen molar-refractivity contribution >= 4 is 11.9 Å². The van der Waals surface area contributed by atoms with E-state index in [1.54, 1.807) is 0 Å². The SMILES string of the molecule is CC(C)(C)C=Nc1ccccc1. The minimum absolute atomic E-state index is 0.163. The number of aliphatic imine (C=N–C) groups is 1. The fourth-order valence-electron chi connectivity index (χ4n) is 0.782. The van der Waals surface area contributed by atoms with Gasteiger partial charge in [0.2, 0.25) is 0 Å². The summed E-state index contributed by atoms with van der Waals surface area (Å²) in [5.41, 5.74) is 1.18. The van der Waals surface area contributed by atoms with Gasteiger partial charge in [-0.05, 0) is 17.5 Å². The summed E-state index contributed by atoms with van der Waals surface area (Å²) in [5, 5.41) is 0. The molecule has 12 heavy (non-hydrogen) atoms. The van der Waals surface area contributed by atoms with Crippen molar-refractivity contribution in [3.05, 3.63) is 30.3 Å². The van der Waals surface area contributed by atoms with E-state index in [0.29, 0.717) is 0 Å². The molecule has 0 N–H and O–H groups in total. The van der Waals surface area contributed by atoms with Gasteiger partial charge in [0.1, 0.15) is 0 Å². The standard InChI is InChI=1S/C11H15N/c1-11(2,3)9-12-10-7-5-4-6-8-10/h4-9H,1-3H3. The summed E-state index contributed by atoms with van der Waals surface area (Å²) in [6.07, 6.45) is 1.97. The number of rotatable bonds is 1. The van der Waals surface area contributed by atoms with Crippen LogP contribution in [0.2, 0.25) is 0 Å². The van der Waals surface area contributed by atoms with Gasteiger partial charge in [-0.25, -0.2) is 0 Å². The van der Waals surface area contributed by atoms with Crippen molar-refractivity contribution in [3.63, 3.8) is 0 Å². The minimum Gasteiger partial charge on any atom is -0.261 e. The molecule has 0 aromatic heterocycles. The van der Waals surface area contributed by atoms with E-state index in [4.69, 9.17) is 0 Å². The summed E-state index contributed by atoms with van der Waals surface area (Å²) in [6, 6.07) is 9.99. The highest BCUT2D eigenvalue weighted by Gasteiger charge is 2.04. The number of benzene rings is 1. The maximum Gasteiger partial charge on any atom is 0.0625 e. The quantitative estimate of drug-likeness (QED) is 0.559. The third-order valence-electron chi connectivity index (χ3n) is 1.36. The molecule has 1 aromatic rings. The molecule has 0 unspecified atom stereocenters. The van der Waals surface area contributed by atoms with Gasteiger partial charge in [0, 0.05) is 6.21 Å². The van der Waals surface area contributed by atoms with E-state index in [1.807, 2.05) is 36.5 Å². The normalized spacial score (nSPS) is 12.2. The monoisotopic (exact) mass is 161 g/mol. The van der Waals surface area contributed by atoms with Crippen LogP contribution in [0.3, 0.4) is 0 Å². The van der Waals surface area contributed by atoms with Crippen LogP contribution in [0.15, 0.2) is 35.3 Å². The van der Waals surface area contributed by atoms with E-state index >= 15 is 0 Å². The second-order valence-corrected chi connectivity index (χ2v) is 3.96. The lowest BCUT2D eigenvalue weighted by molar-refractivity contribution is 0.607. The van der Waals surface area contributed by atoms with Gasteiger partial charge in [-0.1, -0.05) is 39.0 Å². The average Bonchev–Trinajstić information content (AvgIpc) is 2.02. The zero-order valence-electron chi connectivity index (χ0n) is 7.91. The van der Waals surface area contributed by atoms with Crippen LogP contribution in [0.5, 0.6) is 0 Å². The van der Waals surface area contributed by atoms with Crippen LogP contribution in [0.4, 0.5) is 5.69 Å². The largest absolute Gasteiger partial charge is 0.261 e. The topological polar surface area (TPSA) is 12.4 Å². The van der Waals surface area contributed by atoms with E-state index in [2.05, 4.69) is 25.8 Å². The van der Waals surface area contributed by atoms with Gasteiger partial charge in [-0.3, -0.25) is 4.99 Å². The van der Waals surface area contributed by atoms with Gasteiger partial charge in [0.15, 0.2) is 0 Å². The highest BCUT2D eigenvalue weighted by molar-refractivity contribution is 5.68. The molecule has 0 aliphatic carbocycles. The molecular weight excluding hydrogens is 146 g/mol. The molecule has 1 aromatic carbocycles. The van der Waals surface area contributed by atoms with Crippen molar-refractivity contribution in [2.24, 2.45) is 10.4 Å². The molecule has 0 radical (unpaired) electrons. The first-order chi connectivity index (χ1) is 5.58. The zero-order chi connectivity index (χ0) is 9.03. The summed E-state index contributed by atoms with van der Waals surface area (Å²) in [4.78, 5) is 4.35. The molecular formula is C11H15N. The summed E-state index contributed by atoms with van der Waals surface area (Å²) in [6.45, 7) is 6.41. The van der Waals surface area contributed by atoms with Gasteiger partial charge in [-0.2, -0.15) is 0 Å². The predicted molar refractivity (Wildman–Crippen MR) is 54.0 cm³/mol. The third kappa shape index (κ3) is 3.33. The number of hydrogen-bond donors (Lipinski definition) is 0. The molecule has 64 valence electrons. The third-order valence-corrected chi connectivity index (χ3v) is 1.36. The van der Waals surface area contributed by atoms with Crippen molar-refractivity contribution in [1.29, 1.82) is 0 Å². The number of hydrogen-bond acceptors (Lipinski definition) is 1. The molecule has 0 bridgehead atoms. The maximum atomic E-state index is 4.35. The van der Waals surface area contributed by atoms with Gasteiger partial charge in [0.05, 0.1) is 5.69 Å². The Bertz CT molecular complexity index is 254. The molecule has 0 spiro atoms. The van der Waals surface area contributed by atoms with Gasteiger partial charge in [-0.15, -0.1) is 0 Å². The molecule has 0 amide bonds. The Morgan fingerprint density at radius 1 is 1.08 bits per heavy atom. The summed E-state index contributed by atoms with van der Waals surface area (Å²) in [5.74, 6) is 0. The Labute approximate surface area is 74.2 Å². The van der Waals surface area contributed by atoms with Crippen molar-refractivity contribution in [2.75, 3.05) is 0 Å². The fraction of sp³-hybridized carbons (Fsp3) is 0.364. The number of para-hydroxylation sites is 1. The van der Waals surface area contributed by atoms with E-state index in [1.165, 1.54) is 0 Å². The van der Waals surface area contributed by atoms with Gasteiger partial charge >= 0.3 is 0 Å². The molecule has 1 nitrogen and oxygen atoms in total. The molecule has 0 atom stereocenters. The van der Waals surface area contributed by atoms with Crippen LogP contribution in [0, 0.1) is 5.41 Å². The van der Waals surface area contributed by atoms with Crippen molar-refractivity contribution in [1.82, 2.24) is 0 Å². The first kappa shape index (κ1) is 8.98. The van der Waals surface area contributed by atoms with Crippen molar-refractivity contribution in [2.45, 2.75) is 20.8 Å². The van der Waals surface area contributed by atoms with E-state index < -0.39 is 0 Å². The Morgan fingerprint density at radius 2 is 1.67 bits per heavy atom. The highest BCUT2D eigenvalue weighted by Crippen LogP contribution is 2.14. The van der Waals surface area contributed by atoms with E-state index in [0.717, 1.165) is 5.69 Å². The summed E-state index contributed by atoms with van der Waals surface area (Å²) >= 11 is 0. The molecule has 0 saturated heterocycles. The molecule has 1 heteroatoms. The minimum atomic E-state index is 0.163. The lowest BCUT2D eigenvalue weighted by Crippen LogP contribution is -2.05. The highest BCUT2D eigenvalue weighted by atomic mass is 14.7.